The van der Waals surface area contributed by atoms with Gasteiger partial charge in [-0.2, -0.15) is 11.8 Å². The van der Waals surface area contributed by atoms with Crippen molar-refractivity contribution in [1.82, 2.24) is 15.2 Å². The molecule has 1 aliphatic rings. The summed E-state index contributed by atoms with van der Waals surface area (Å²) in [5.41, 5.74) is 1.97. The molecule has 0 unspecified atom stereocenters. The normalized spacial score (nSPS) is 14.2. The van der Waals surface area contributed by atoms with Crippen LogP contribution in [0.4, 0.5) is 9.18 Å². The van der Waals surface area contributed by atoms with Crippen molar-refractivity contribution in [2.45, 2.75) is 18.1 Å². The van der Waals surface area contributed by atoms with Gasteiger partial charge in [0.1, 0.15) is 5.82 Å². The van der Waals surface area contributed by atoms with Crippen molar-refractivity contribution in [3.8, 4) is 0 Å². The highest BCUT2D eigenvalue weighted by Gasteiger charge is 2.31. The smallest absolute Gasteiger partial charge is 0.317 e. The maximum atomic E-state index is 13.5. The second kappa shape index (κ2) is 8.85. The summed E-state index contributed by atoms with van der Waals surface area (Å²) < 4.78 is 13.5. The number of rotatable bonds is 7. The number of thioether (sulfide) groups is 1. The molecule has 3 rings (SSSR count). The number of halogens is 1. The van der Waals surface area contributed by atoms with Gasteiger partial charge < -0.3 is 10.2 Å². The molecule has 132 valence electrons. The molecule has 1 N–H and O–H groups in total. The third kappa shape index (κ3) is 4.95. The van der Waals surface area contributed by atoms with E-state index in [1.54, 1.807) is 30.2 Å². The largest absolute Gasteiger partial charge is 0.338 e. The number of aromatic nitrogens is 1. The Morgan fingerprint density at radius 3 is 2.76 bits per heavy atom. The van der Waals surface area contributed by atoms with Crippen molar-refractivity contribution in [1.29, 1.82) is 0 Å². The SMILES string of the molecule is O=C(NCCCSCc1ccccc1F)N1CC(c2ccncc2)C1. The van der Waals surface area contributed by atoms with E-state index >= 15 is 0 Å². The Balaban J connectivity index is 1.26. The zero-order valence-electron chi connectivity index (χ0n) is 14.0. The van der Waals surface area contributed by atoms with Crippen molar-refractivity contribution in [2.75, 3.05) is 25.4 Å². The molecule has 6 heteroatoms. The van der Waals surface area contributed by atoms with Crippen molar-refractivity contribution < 1.29 is 9.18 Å². The van der Waals surface area contributed by atoms with Gasteiger partial charge in [0, 0.05) is 43.7 Å². The molecule has 2 amide bonds. The number of amides is 2. The molecule has 1 fully saturated rings. The van der Waals surface area contributed by atoms with E-state index in [1.807, 2.05) is 29.2 Å². The summed E-state index contributed by atoms with van der Waals surface area (Å²) in [5, 5.41) is 2.95. The van der Waals surface area contributed by atoms with Gasteiger partial charge in [0.25, 0.3) is 0 Å². The van der Waals surface area contributed by atoms with Crippen LogP contribution in [0.1, 0.15) is 23.5 Å². The maximum Gasteiger partial charge on any atom is 0.317 e. The van der Waals surface area contributed by atoms with Crippen LogP contribution in [0, 0.1) is 5.82 Å². The quantitative estimate of drug-likeness (QED) is 0.768. The number of carbonyl (C=O) groups is 1. The van der Waals surface area contributed by atoms with Crippen LogP contribution in [0.3, 0.4) is 0 Å². The number of pyridine rings is 1. The van der Waals surface area contributed by atoms with Gasteiger partial charge in [-0.05, 0) is 41.5 Å². The highest BCUT2D eigenvalue weighted by atomic mass is 32.2. The summed E-state index contributed by atoms with van der Waals surface area (Å²) in [6, 6.07) is 10.9. The number of likely N-dealkylation sites (tertiary alicyclic amines) is 1. The minimum absolute atomic E-state index is 0.00408. The molecule has 0 saturated carbocycles. The summed E-state index contributed by atoms with van der Waals surface area (Å²) >= 11 is 1.69. The van der Waals surface area contributed by atoms with Crippen LogP contribution in [0.15, 0.2) is 48.8 Å². The zero-order chi connectivity index (χ0) is 17.5. The highest BCUT2D eigenvalue weighted by Crippen LogP contribution is 2.26. The second-order valence-corrected chi connectivity index (χ2v) is 7.22. The van der Waals surface area contributed by atoms with Gasteiger partial charge in [0.05, 0.1) is 0 Å². The Kier molecular flexibility index (Phi) is 6.28. The van der Waals surface area contributed by atoms with Gasteiger partial charge in [-0.15, -0.1) is 0 Å². The van der Waals surface area contributed by atoms with Crippen LogP contribution in [0.2, 0.25) is 0 Å². The van der Waals surface area contributed by atoms with E-state index in [0.717, 1.165) is 30.8 Å². The van der Waals surface area contributed by atoms with E-state index < -0.39 is 0 Å². The number of hydrogen-bond donors (Lipinski definition) is 1. The minimum Gasteiger partial charge on any atom is -0.338 e. The van der Waals surface area contributed by atoms with Crippen molar-refractivity contribution in [3.05, 3.63) is 65.7 Å². The molecule has 1 aromatic carbocycles. The summed E-state index contributed by atoms with van der Waals surface area (Å²) in [4.78, 5) is 17.9. The lowest BCUT2D eigenvalue weighted by atomic mass is 9.93. The lowest BCUT2D eigenvalue weighted by molar-refractivity contribution is 0.151. The number of nitrogens with one attached hydrogen (secondary N) is 1. The molecule has 2 heterocycles. The molecule has 1 saturated heterocycles. The first-order valence-electron chi connectivity index (χ1n) is 8.48. The maximum absolute atomic E-state index is 13.5. The Morgan fingerprint density at radius 2 is 2.00 bits per heavy atom. The number of carbonyl (C=O) groups excluding carboxylic acids is 1. The number of hydrogen-bond acceptors (Lipinski definition) is 3. The van der Waals surface area contributed by atoms with Gasteiger partial charge in [-0.25, -0.2) is 9.18 Å². The van der Waals surface area contributed by atoms with Gasteiger partial charge in [0.2, 0.25) is 0 Å². The van der Waals surface area contributed by atoms with Crippen LogP contribution >= 0.6 is 11.8 Å². The molecule has 25 heavy (non-hydrogen) atoms. The summed E-state index contributed by atoms with van der Waals surface area (Å²) in [6.07, 6.45) is 4.46. The molecule has 4 nitrogen and oxygen atoms in total. The van der Waals surface area contributed by atoms with Crippen molar-refractivity contribution in [3.63, 3.8) is 0 Å². The molecule has 1 aliphatic heterocycles. The van der Waals surface area contributed by atoms with Gasteiger partial charge in [0.15, 0.2) is 0 Å². The first-order chi connectivity index (χ1) is 12.2. The topological polar surface area (TPSA) is 45.2 Å². The average molecular weight is 359 g/mol. The molecule has 0 atom stereocenters. The van der Waals surface area contributed by atoms with E-state index in [4.69, 9.17) is 0 Å². The van der Waals surface area contributed by atoms with Crippen LogP contribution in [-0.2, 0) is 5.75 Å². The van der Waals surface area contributed by atoms with Crippen LogP contribution in [0.25, 0.3) is 0 Å². The molecular weight excluding hydrogens is 337 g/mol. The van der Waals surface area contributed by atoms with E-state index in [-0.39, 0.29) is 11.8 Å². The van der Waals surface area contributed by atoms with Crippen LogP contribution < -0.4 is 5.32 Å². The van der Waals surface area contributed by atoms with Crippen molar-refractivity contribution in [2.24, 2.45) is 0 Å². The molecule has 0 bridgehead atoms. The molecule has 0 radical (unpaired) electrons. The summed E-state index contributed by atoms with van der Waals surface area (Å²) in [6.45, 7) is 2.18. The fourth-order valence-corrected chi connectivity index (χ4v) is 3.72. The molecular formula is C19H22FN3OS. The minimum atomic E-state index is -0.148. The lowest BCUT2D eigenvalue weighted by Crippen LogP contribution is -2.52. The third-order valence-electron chi connectivity index (χ3n) is 4.30. The predicted molar refractivity (Wildman–Crippen MR) is 99.1 cm³/mol. The molecule has 0 spiro atoms. The summed E-state index contributed by atoms with van der Waals surface area (Å²) in [7, 11) is 0. The Bertz CT molecular complexity index is 692. The van der Waals surface area contributed by atoms with Crippen molar-refractivity contribution >= 4 is 17.8 Å². The highest BCUT2D eigenvalue weighted by molar-refractivity contribution is 7.98. The average Bonchev–Trinajstić information content (AvgIpc) is 2.59. The molecule has 2 aromatic rings. The van der Waals surface area contributed by atoms with Gasteiger partial charge in [-0.3, -0.25) is 4.98 Å². The lowest BCUT2D eigenvalue weighted by Gasteiger charge is -2.39. The number of urea groups is 1. The standard InChI is InChI=1S/C19H22FN3OS/c20-18-5-2-1-4-16(18)14-25-11-3-8-22-19(24)23-12-17(13-23)15-6-9-21-10-7-15/h1-2,4-7,9-10,17H,3,8,11-14H2,(H,22,24). The number of benzene rings is 1. The Labute approximate surface area is 151 Å². The second-order valence-electron chi connectivity index (χ2n) is 6.11. The first-order valence-corrected chi connectivity index (χ1v) is 9.63. The predicted octanol–water partition coefficient (Wildman–Crippen LogP) is 3.65. The Morgan fingerprint density at radius 1 is 1.24 bits per heavy atom. The number of nitrogens with zero attached hydrogens (tertiary/aromatic N) is 2. The zero-order valence-corrected chi connectivity index (χ0v) is 14.8. The van der Waals surface area contributed by atoms with Gasteiger partial charge in [-0.1, -0.05) is 18.2 Å². The van der Waals surface area contributed by atoms with E-state index in [0.29, 0.717) is 18.2 Å². The van der Waals surface area contributed by atoms with E-state index in [9.17, 15) is 9.18 Å². The van der Waals surface area contributed by atoms with E-state index in [2.05, 4.69) is 10.3 Å². The van der Waals surface area contributed by atoms with Crippen LogP contribution in [-0.4, -0.2) is 41.3 Å². The summed E-state index contributed by atoms with van der Waals surface area (Å²) in [5.74, 6) is 1.84. The first kappa shape index (κ1) is 17.7. The third-order valence-corrected chi connectivity index (χ3v) is 5.40. The fraction of sp³-hybridized carbons (Fsp3) is 0.368. The van der Waals surface area contributed by atoms with E-state index in [1.165, 1.54) is 11.6 Å². The van der Waals surface area contributed by atoms with Crippen LogP contribution in [0.5, 0.6) is 0 Å². The fourth-order valence-electron chi connectivity index (χ4n) is 2.77. The van der Waals surface area contributed by atoms with Gasteiger partial charge >= 0.3 is 6.03 Å². The molecule has 0 aliphatic carbocycles. The molecule has 1 aromatic heterocycles. The Hall–Kier alpha value is -2.08. The monoisotopic (exact) mass is 359 g/mol.